The Morgan fingerprint density at radius 2 is 1.58 bits per heavy atom. The van der Waals surface area contributed by atoms with Crippen LogP contribution in [-0.4, -0.2) is 37.1 Å². The van der Waals surface area contributed by atoms with Gasteiger partial charge in [0.25, 0.3) is 0 Å². The van der Waals surface area contributed by atoms with Gasteiger partial charge in [0.2, 0.25) is 0 Å². The lowest BCUT2D eigenvalue weighted by atomic mass is 9.77. The van der Waals surface area contributed by atoms with Crippen molar-refractivity contribution in [1.82, 2.24) is 10.2 Å². The molecule has 2 saturated carbocycles. The highest BCUT2D eigenvalue weighted by molar-refractivity contribution is 4.89. The quantitative estimate of drug-likeness (QED) is 0.764. The van der Waals surface area contributed by atoms with E-state index in [-0.39, 0.29) is 0 Å². The maximum atomic E-state index is 3.74. The summed E-state index contributed by atoms with van der Waals surface area (Å²) in [6.07, 6.45) is 16.1. The second kappa shape index (κ2) is 6.58. The third-order valence-electron chi connectivity index (χ3n) is 6.02. The number of likely N-dealkylation sites (tertiary alicyclic amines) is 1. The van der Waals surface area contributed by atoms with Crippen molar-refractivity contribution in [3.8, 4) is 0 Å². The molecule has 110 valence electrons. The van der Waals surface area contributed by atoms with Gasteiger partial charge in [-0.15, -0.1) is 0 Å². The first-order valence-electron chi connectivity index (χ1n) is 8.82. The number of nitrogens with one attached hydrogen (secondary N) is 1. The third-order valence-corrected chi connectivity index (χ3v) is 6.02. The Hall–Kier alpha value is -0.0800. The van der Waals surface area contributed by atoms with E-state index in [2.05, 4.69) is 10.2 Å². The molecule has 1 spiro atoms. The van der Waals surface area contributed by atoms with Gasteiger partial charge in [-0.25, -0.2) is 0 Å². The average Bonchev–Trinajstić information content (AvgIpc) is 3.09. The van der Waals surface area contributed by atoms with Gasteiger partial charge in [0, 0.05) is 6.04 Å². The molecule has 3 fully saturated rings. The van der Waals surface area contributed by atoms with E-state index in [1.54, 1.807) is 0 Å². The fraction of sp³-hybridized carbons (Fsp3) is 1.00. The van der Waals surface area contributed by atoms with E-state index in [4.69, 9.17) is 0 Å². The molecule has 2 aliphatic carbocycles. The fourth-order valence-corrected chi connectivity index (χ4v) is 4.61. The molecule has 0 unspecified atom stereocenters. The van der Waals surface area contributed by atoms with Crippen molar-refractivity contribution in [2.45, 2.75) is 76.7 Å². The second-order valence-corrected chi connectivity index (χ2v) is 7.34. The van der Waals surface area contributed by atoms with Crippen LogP contribution in [0.2, 0.25) is 0 Å². The number of hydrogen-bond donors (Lipinski definition) is 1. The summed E-state index contributed by atoms with van der Waals surface area (Å²) in [6.45, 7) is 5.33. The van der Waals surface area contributed by atoms with Gasteiger partial charge in [0.15, 0.2) is 0 Å². The molecular weight excluding hydrogens is 232 g/mol. The lowest BCUT2D eigenvalue weighted by Gasteiger charge is -2.39. The van der Waals surface area contributed by atoms with Crippen molar-refractivity contribution in [2.75, 3.05) is 26.2 Å². The molecule has 0 radical (unpaired) electrons. The molecule has 0 atom stereocenters. The molecule has 3 aliphatic rings. The SMILES string of the molecule is C1CCC(NCCCN2CCC3(CCCC3)CC2)C1. The minimum absolute atomic E-state index is 0.790. The molecule has 0 bridgehead atoms. The Morgan fingerprint density at radius 1 is 0.895 bits per heavy atom. The van der Waals surface area contributed by atoms with E-state index in [0.29, 0.717) is 0 Å². The van der Waals surface area contributed by atoms with Crippen LogP contribution in [0, 0.1) is 5.41 Å². The van der Waals surface area contributed by atoms with Crippen LogP contribution in [0.15, 0.2) is 0 Å². The largest absolute Gasteiger partial charge is 0.314 e. The Balaban J connectivity index is 1.27. The van der Waals surface area contributed by atoms with Gasteiger partial charge in [0.05, 0.1) is 0 Å². The Kier molecular flexibility index (Phi) is 4.81. The van der Waals surface area contributed by atoms with Crippen LogP contribution in [0.25, 0.3) is 0 Å². The van der Waals surface area contributed by atoms with Crippen molar-refractivity contribution in [2.24, 2.45) is 5.41 Å². The number of rotatable bonds is 5. The van der Waals surface area contributed by atoms with E-state index >= 15 is 0 Å². The highest BCUT2D eigenvalue weighted by atomic mass is 15.1. The molecule has 0 aromatic rings. The molecule has 2 nitrogen and oxygen atoms in total. The zero-order valence-electron chi connectivity index (χ0n) is 12.6. The van der Waals surface area contributed by atoms with Crippen LogP contribution in [0.5, 0.6) is 0 Å². The van der Waals surface area contributed by atoms with Gasteiger partial charge >= 0.3 is 0 Å². The lowest BCUT2D eigenvalue weighted by molar-refractivity contribution is 0.107. The van der Waals surface area contributed by atoms with Crippen molar-refractivity contribution in [3.05, 3.63) is 0 Å². The first-order chi connectivity index (χ1) is 9.36. The van der Waals surface area contributed by atoms with Crippen LogP contribution < -0.4 is 5.32 Å². The topological polar surface area (TPSA) is 15.3 Å². The molecule has 1 aliphatic heterocycles. The molecule has 3 rings (SSSR count). The number of hydrogen-bond acceptors (Lipinski definition) is 2. The van der Waals surface area contributed by atoms with E-state index in [1.807, 2.05) is 0 Å². The van der Waals surface area contributed by atoms with Crippen LogP contribution in [0.3, 0.4) is 0 Å². The second-order valence-electron chi connectivity index (χ2n) is 7.34. The minimum Gasteiger partial charge on any atom is -0.314 e. The molecule has 1 N–H and O–H groups in total. The molecule has 2 heteroatoms. The summed E-state index contributed by atoms with van der Waals surface area (Å²) in [7, 11) is 0. The van der Waals surface area contributed by atoms with Crippen LogP contribution in [-0.2, 0) is 0 Å². The summed E-state index contributed by atoms with van der Waals surface area (Å²) in [5.41, 5.74) is 0.790. The molecule has 1 saturated heterocycles. The lowest BCUT2D eigenvalue weighted by Crippen LogP contribution is -2.40. The van der Waals surface area contributed by atoms with Gasteiger partial charge in [-0.1, -0.05) is 25.7 Å². The average molecular weight is 264 g/mol. The Labute approximate surface area is 119 Å². The summed E-state index contributed by atoms with van der Waals surface area (Å²) in [5.74, 6) is 0. The monoisotopic (exact) mass is 264 g/mol. The fourth-order valence-electron chi connectivity index (χ4n) is 4.61. The highest BCUT2D eigenvalue weighted by Crippen LogP contribution is 2.45. The molecule has 1 heterocycles. The highest BCUT2D eigenvalue weighted by Gasteiger charge is 2.36. The molecular formula is C17H32N2. The molecule has 19 heavy (non-hydrogen) atoms. The van der Waals surface area contributed by atoms with Crippen LogP contribution in [0.1, 0.15) is 70.6 Å². The van der Waals surface area contributed by atoms with Gasteiger partial charge in [-0.05, 0) is 76.5 Å². The summed E-state index contributed by atoms with van der Waals surface area (Å²) >= 11 is 0. The van der Waals surface area contributed by atoms with E-state index in [0.717, 1.165) is 11.5 Å². The normalized spacial score (nSPS) is 28.4. The molecule has 0 aromatic carbocycles. The number of nitrogens with zero attached hydrogens (tertiary/aromatic N) is 1. The maximum absolute atomic E-state index is 3.74. The van der Waals surface area contributed by atoms with Crippen LogP contribution in [0.4, 0.5) is 0 Å². The minimum atomic E-state index is 0.790. The summed E-state index contributed by atoms with van der Waals surface area (Å²) in [4.78, 5) is 2.72. The first kappa shape index (κ1) is 13.9. The van der Waals surface area contributed by atoms with Gasteiger partial charge in [-0.3, -0.25) is 0 Å². The van der Waals surface area contributed by atoms with Gasteiger partial charge in [0.1, 0.15) is 0 Å². The summed E-state index contributed by atoms with van der Waals surface area (Å²) < 4.78 is 0. The van der Waals surface area contributed by atoms with Crippen molar-refractivity contribution in [1.29, 1.82) is 0 Å². The molecule has 0 aromatic heterocycles. The zero-order chi connectivity index (χ0) is 13.0. The zero-order valence-corrected chi connectivity index (χ0v) is 12.6. The summed E-state index contributed by atoms with van der Waals surface area (Å²) in [5, 5.41) is 3.74. The van der Waals surface area contributed by atoms with E-state index in [1.165, 1.54) is 96.8 Å². The first-order valence-corrected chi connectivity index (χ1v) is 8.82. The predicted molar refractivity (Wildman–Crippen MR) is 81.5 cm³/mol. The Bertz CT molecular complexity index is 254. The van der Waals surface area contributed by atoms with Crippen molar-refractivity contribution >= 4 is 0 Å². The maximum Gasteiger partial charge on any atom is 0.00670 e. The van der Waals surface area contributed by atoms with Gasteiger partial charge in [-0.2, -0.15) is 0 Å². The Morgan fingerprint density at radius 3 is 2.26 bits per heavy atom. The van der Waals surface area contributed by atoms with Gasteiger partial charge < -0.3 is 10.2 Å². The smallest absolute Gasteiger partial charge is 0.00670 e. The van der Waals surface area contributed by atoms with E-state index in [9.17, 15) is 0 Å². The number of piperidine rings is 1. The van der Waals surface area contributed by atoms with E-state index < -0.39 is 0 Å². The summed E-state index contributed by atoms with van der Waals surface area (Å²) in [6, 6.07) is 0.850. The predicted octanol–water partition coefficient (Wildman–Crippen LogP) is 3.56. The molecule has 0 amide bonds. The van der Waals surface area contributed by atoms with Crippen LogP contribution >= 0.6 is 0 Å². The van der Waals surface area contributed by atoms with Crippen molar-refractivity contribution in [3.63, 3.8) is 0 Å². The third kappa shape index (κ3) is 3.72. The standard InChI is InChI=1S/C17H32N2/c1-2-7-16(6-1)18-12-5-13-19-14-10-17(11-15-19)8-3-4-9-17/h16,18H,1-15H2. The van der Waals surface area contributed by atoms with Crippen molar-refractivity contribution < 1.29 is 0 Å².